The minimum absolute atomic E-state index is 0.00451. The van der Waals surface area contributed by atoms with E-state index in [0.717, 1.165) is 13.2 Å². The molecule has 94 valence electrons. The molecule has 1 atom stereocenters. The molecule has 1 N–H and O–H groups in total. The molecule has 1 aliphatic rings. The third-order valence-corrected chi connectivity index (χ3v) is 1.96. The maximum atomic E-state index is 11.3. The van der Waals surface area contributed by atoms with Gasteiger partial charge in [-0.2, -0.15) is 0 Å². The highest BCUT2D eigenvalue weighted by Crippen LogP contribution is 2.06. The summed E-state index contributed by atoms with van der Waals surface area (Å²) in [5, 5.41) is 3.24. The molecule has 5 heteroatoms. The van der Waals surface area contributed by atoms with Gasteiger partial charge in [-0.25, -0.2) is 4.79 Å². The van der Waals surface area contributed by atoms with Crippen molar-refractivity contribution in [3.05, 3.63) is 0 Å². The third kappa shape index (κ3) is 6.05. The Morgan fingerprint density at radius 2 is 2.25 bits per heavy atom. The number of ether oxygens (including phenoxy) is 3. The van der Waals surface area contributed by atoms with Crippen molar-refractivity contribution < 1.29 is 19.0 Å². The van der Waals surface area contributed by atoms with Crippen molar-refractivity contribution in [2.24, 2.45) is 0 Å². The van der Waals surface area contributed by atoms with Gasteiger partial charge >= 0.3 is 5.97 Å². The number of nitrogens with one attached hydrogen (secondary N) is 1. The Morgan fingerprint density at radius 3 is 2.81 bits per heavy atom. The minimum Gasteiger partial charge on any atom is -0.458 e. The molecule has 0 bridgehead atoms. The maximum Gasteiger partial charge on any atom is 0.332 e. The van der Waals surface area contributed by atoms with Crippen LogP contribution in [0.3, 0.4) is 0 Å². The standard InChI is InChI=1S/C11H21NO4/c1-11(2,3)16-10(13)8-15-7-9-6-14-5-4-12-9/h9,12H,4-8H2,1-3H3/t9-/m0/s1. The van der Waals surface area contributed by atoms with Crippen molar-refractivity contribution in [2.45, 2.75) is 32.4 Å². The van der Waals surface area contributed by atoms with Gasteiger partial charge in [-0.3, -0.25) is 0 Å². The second-order valence-electron chi connectivity index (χ2n) is 4.83. The zero-order chi connectivity index (χ0) is 12.0. The van der Waals surface area contributed by atoms with E-state index in [9.17, 15) is 4.79 Å². The SMILES string of the molecule is CC(C)(C)OC(=O)COC[C@@H]1COCCN1. The molecule has 16 heavy (non-hydrogen) atoms. The predicted molar refractivity (Wildman–Crippen MR) is 59.3 cm³/mol. The highest BCUT2D eigenvalue weighted by atomic mass is 16.6. The van der Waals surface area contributed by atoms with Gasteiger partial charge in [-0.05, 0) is 20.8 Å². The number of rotatable bonds is 4. The molecule has 0 spiro atoms. The Hall–Kier alpha value is -0.650. The summed E-state index contributed by atoms with van der Waals surface area (Å²) in [4.78, 5) is 11.3. The number of carbonyl (C=O) groups is 1. The number of esters is 1. The molecule has 1 fully saturated rings. The molecule has 0 amide bonds. The first-order valence-electron chi connectivity index (χ1n) is 5.58. The lowest BCUT2D eigenvalue weighted by atomic mass is 10.2. The molecule has 1 saturated heterocycles. The Bertz CT molecular complexity index is 219. The summed E-state index contributed by atoms with van der Waals surface area (Å²) in [6, 6.07) is 0.177. The second kappa shape index (κ2) is 6.18. The van der Waals surface area contributed by atoms with Crippen molar-refractivity contribution in [2.75, 3.05) is 33.0 Å². The summed E-state index contributed by atoms with van der Waals surface area (Å²) in [5.74, 6) is -0.329. The van der Waals surface area contributed by atoms with Crippen LogP contribution in [0.25, 0.3) is 0 Å². The summed E-state index contributed by atoms with van der Waals surface area (Å²) in [6.45, 7) is 8.18. The van der Waals surface area contributed by atoms with Crippen LogP contribution in [-0.4, -0.2) is 50.6 Å². The van der Waals surface area contributed by atoms with E-state index in [4.69, 9.17) is 14.2 Å². The minimum atomic E-state index is -0.452. The van der Waals surface area contributed by atoms with Gasteiger partial charge < -0.3 is 19.5 Å². The Labute approximate surface area is 96.4 Å². The van der Waals surface area contributed by atoms with Crippen LogP contribution in [0.15, 0.2) is 0 Å². The fourth-order valence-corrected chi connectivity index (χ4v) is 1.38. The first-order valence-corrected chi connectivity index (χ1v) is 5.58. The fraction of sp³-hybridized carbons (Fsp3) is 0.909. The van der Waals surface area contributed by atoms with Gasteiger partial charge in [0.25, 0.3) is 0 Å². The maximum absolute atomic E-state index is 11.3. The van der Waals surface area contributed by atoms with E-state index in [1.54, 1.807) is 0 Å². The normalized spacial score (nSPS) is 21.8. The van der Waals surface area contributed by atoms with Gasteiger partial charge in [0.05, 0.1) is 25.9 Å². The first-order chi connectivity index (χ1) is 7.47. The topological polar surface area (TPSA) is 56.8 Å². The van der Waals surface area contributed by atoms with E-state index in [1.807, 2.05) is 20.8 Å². The van der Waals surface area contributed by atoms with Gasteiger partial charge in [0.2, 0.25) is 0 Å². The van der Waals surface area contributed by atoms with Gasteiger partial charge in [-0.15, -0.1) is 0 Å². The van der Waals surface area contributed by atoms with Gasteiger partial charge in [0.15, 0.2) is 0 Å². The molecule has 0 aliphatic carbocycles. The van der Waals surface area contributed by atoms with Gasteiger partial charge in [-0.1, -0.05) is 0 Å². The van der Waals surface area contributed by atoms with E-state index < -0.39 is 5.60 Å². The Morgan fingerprint density at radius 1 is 1.50 bits per heavy atom. The van der Waals surface area contributed by atoms with E-state index in [0.29, 0.717) is 13.2 Å². The zero-order valence-corrected chi connectivity index (χ0v) is 10.2. The van der Waals surface area contributed by atoms with Crippen molar-refractivity contribution in [1.82, 2.24) is 5.32 Å². The molecular weight excluding hydrogens is 210 g/mol. The molecule has 0 aromatic rings. The Balaban J connectivity index is 2.08. The molecular formula is C11H21NO4. The van der Waals surface area contributed by atoms with Crippen LogP contribution in [0.2, 0.25) is 0 Å². The van der Waals surface area contributed by atoms with Crippen LogP contribution in [0.1, 0.15) is 20.8 Å². The molecule has 5 nitrogen and oxygen atoms in total. The average Bonchev–Trinajstić information content (AvgIpc) is 2.16. The van der Waals surface area contributed by atoms with Crippen LogP contribution in [-0.2, 0) is 19.0 Å². The quantitative estimate of drug-likeness (QED) is 0.707. The molecule has 0 radical (unpaired) electrons. The number of hydrogen-bond acceptors (Lipinski definition) is 5. The lowest BCUT2D eigenvalue weighted by Gasteiger charge is -2.24. The second-order valence-corrected chi connectivity index (χ2v) is 4.83. The van der Waals surface area contributed by atoms with Gasteiger partial charge in [0, 0.05) is 6.54 Å². The van der Waals surface area contributed by atoms with Crippen LogP contribution in [0.4, 0.5) is 0 Å². The lowest BCUT2D eigenvalue weighted by molar-refractivity contribution is -0.160. The van der Waals surface area contributed by atoms with E-state index >= 15 is 0 Å². The highest BCUT2D eigenvalue weighted by Gasteiger charge is 2.17. The van der Waals surface area contributed by atoms with Crippen LogP contribution in [0.5, 0.6) is 0 Å². The molecule has 1 heterocycles. The Kier molecular flexibility index (Phi) is 5.18. The summed E-state index contributed by atoms with van der Waals surface area (Å²) in [7, 11) is 0. The summed E-state index contributed by atoms with van der Waals surface area (Å²) in [5.41, 5.74) is -0.452. The summed E-state index contributed by atoms with van der Waals surface area (Å²) < 4.78 is 15.6. The monoisotopic (exact) mass is 231 g/mol. The first kappa shape index (κ1) is 13.4. The van der Waals surface area contributed by atoms with E-state index in [2.05, 4.69) is 5.32 Å². The number of carbonyl (C=O) groups excluding carboxylic acids is 1. The summed E-state index contributed by atoms with van der Waals surface area (Å²) in [6.07, 6.45) is 0. The zero-order valence-electron chi connectivity index (χ0n) is 10.2. The molecule has 1 rings (SSSR count). The van der Waals surface area contributed by atoms with E-state index in [-0.39, 0.29) is 18.6 Å². The lowest BCUT2D eigenvalue weighted by Crippen LogP contribution is -2.44. The van der Waals surface area contributed by atoms with E-state index in [1.165, 1.54) is 0 Å². The van der Waals surface area contributed by atoms with Crippen molar-refractivity contribution in [3.63, 3.8) is 0 Å². The number of hydrogen-bond donors (Lipinski definition) is 1. The van der Waals surface area contributed by atoms with Crippen LogP contribution < -0.4 is 5.32 Å². The smallest absolute Gasteiger partial charge is 0.332 e. The molecule has 0 aromatic heterocycles. The largest absolute Gasteiger partial charge is 0.458 e. The average molecular weight is 231 g/mol. The fourth-order valence-electron chi connectivity index (χ4n) is 1.38. The van der Waals surface area contributed by atoms with Gasteiger partial charge in [0.1, 0.15) is 12.2 Å². The molecule has 1 aliphatic heterocycles. The van der Waals surface area contributed by atoms with Crippen molar-refractivity contribution in [3.8, 4) is 0 Å². The highest BCUT2D eigenvalue weighted by molar-refractivity contribution is 5.71. The van der Waals surface area contributed by atoms with Crippen molar-refractivity contribution in [1.29, 1.82) is 0 Å². The predicted octanol–water partition coefficient (Wildman–Crippen LogP) is 0.333. The summed E-state index contributed by atoms with van der Waals surface area (Å²) >= 11 is 0. The number of morpholine rings is 1. The molecule has 0 aromatic carbocycles. The third-order valence-electron chi connectivity index (χ3n) is 1.96. The van der Waals surface area contributed by atoms with Crippen LogP contribution >= 0.6 is 0 Å². The molecule has 0 saturated carbocycles. The molecule has 0 unspecified atom stereocenters. The van der Waals surface area contributed by atoms with Crippen molar-refractivity contribution >= 4 is 5.97 Å². The van der Waals surface area contributed by atoms with Crippen LogP contribution in [0, 0.1) is 0 Å².